The lowest BCUT2D eigenvalue weighted by Crippen LogP contribution is -2.27. The third-order valence-corrected chi connectivity index (χ3v) is 3.88. The zero-order valence-electron chi connectivity index (χ0n) is 11.3. The lowest BCUT2D eigenvalue weighted by Gasteiger charge is -2.21. The monoisotopic (exact) mass is 244 g/mol. The summed E-state index contributed by atoms with van der Waals surface area (Å²) in [5, 5.41) is 4.83. The number of nitrogens with one attached hydrogen (secondary N) is 1. The molecule has 0 saturated heterocycles. The number of aryl methyl sites for hydroxylation is 1. The Bertz CT molecular complexity index is 586. The number of fused-ring (bicyclic) bond motifs is 3. The SMILES string of the molecule is CCOc1ccc2c(c1)c1c(n2C)CNCC1C. The summed E-state index contributed by atoms with van der Waals surface area (Å²) >= 11 is 0. The normalized spacial score (nSPS) is 18.9. The highest BCUT2D eigenvalue weighted by molar-refractivity contribution is 5.87. The second-order valence-electron chi connectivity index (χ2n) is 5.06. The standard InChI is InChI=1S/C15H20N2O/c1-4-18-11-5-6-13-12(7-11)15-10(2)8-16-9-14(15)17(13)3/h5-7,10,16H,4,8-9H2,1-3H3. The lowest BCUT2D eigenvalue weighted by atomic mass is 9.94. The Morgan fingerprint density at radius 1 is 1.44 bits per heavy atom. The highest BCUT2D eigenvalue weighted by Gasteiger charge is 2.23. The number of benzene rings is 1. The molecule has 96 valence electrons. The van der Waals surface area contributed by atoms with E-state index < -0.39 is 0 Å². The van der Waals surface area contributed by atoms with Crippen LogP contribution in [0.2, 0.25) is 0 Å². The summed E-state index contributed by atoms with van der Waals surface area (Å²) in [7, 11) is 2.15. The predicted octanol–water partition coefficient (Wildman–Crippen LogP) is 2.78. The summed E-state index contributed by atoms with van der Waals surface area (Å²) in [4.78, 5) is 0. The molecule has 3 rings (SSSR count). The average molecular weight is 244 g/mol. The Morgan fingerprint density at radius 3 is 3.06 bits per heavy atom. The largest absolute Gasteiger partial charge is 0.494 e. The number of hydrogen-bond acceptors (Lipinski definition) is 2. The molecule has 0 saturated carbocycles. The minimum atomic E-state index is 0.564. The molecule has 0 bridgehead atoms. The molecule has 18 heavy (non-hydrogen) atoms. The van der Waals surface area contributed by atoms with Crippen LogP contribution in [-0.2, 0) is 13.6 Å². The van der Waals surface area contributed by atoms with Crippen molar-refractivity contribution in [2.75, 3.05) is 13.2 Å². The maximum Gasteiger partial charge on any atom is 0.120 e. The topological polar surface area (TPSA) is 26.2 Å². The van der Waals surface area contributed by atoms with E-state index in [4.69, 9.17) is 4.74 Å². The Labute approximate surface area is 108 Å². The van der Waals surface area contributed by atoms with Gasteiger partial charge in [-0.25, -0.2) is 0 Å². The summed E-state index contributed by atoms with van der Waals surface area (Å²) in [6.45, 7) is 7.06. The number of nitrogens with zero attached hydrogens (tertiary/aromatic N) is 1. The van der Waals surface area contributed by atoms with Crippen LogP contribution < -0.4 is 10.1 Å². The molecule has 2 heterocycles. The number of aromatic nitrogens is 1. The van der Waals surface area contributed by atoms with Crippen LogP contribution >= 0.6 is 0 Å². The average Bonchev–Trinajstić information content (AvgIpc) is 2.65. The van der Waals surface area contributed by atoms with Crippen molar-refractivity contribution in [2.45, 2.75) is 26.3 Å². The third kappa shape index (κ3) is 1.62. The van der Waals surface area contributed by atoms with Crippen molar-refractivity contribution >= 4 is 10.9 Å². The van der Waals surface area contributed by atoms with Gasteiger partial charge in [0.25, 0.3) is 0 Å². The molecule has 0 radical (unpaired) electrons. The highest BCUT2D eigenvalue weighted by atomic mass is 16.5. The van der Waals surface area contributed by atoms with Gasteiger partial charge in [0, 0.05) is 36.7 Å². The smallest absolute Gasteiger partial charge is 0.120 e. The molecule has 1 atom stereocenters. The minimum Gasteiger partial charge on any atom is -0.494 e. The van der Waals surface area contributed by atoms with Crippen molar-refractivity contribution in [3.8, 4) is 5.75 Å². The lowest BCUT2D eigenvalue weighted by molar-refractivity contribution is 0.340. The van der Waals surface area contributed by atoms with Gasteiger partial charge in [0.05, 0.1) is 6.61 Å². The number of rotatable bonds is 2. The Balaban J connectivity index is 2.24. The van der Waals surface area contributed by atoms with E-state index in [1.165, 1.54) is 22.2 Å². The number of hydrogen-bond donors (Lipinski definition) is 1. The molecule has 1 aromatic heterocycles. The summed E-state index contributed by atoms with van der Waals surface area (Å²) in [5.41, 5.74) is 4.21. The van der Waals surface area contributed by atoms with E-state index in [9.17, 15) is 0 Å². The maximum atomic E-state index is 5.62. The van der Waals surface area contributed by atoms with Crippen LogP contribution in [-0.4, -0.2) is 17.7 Å². The van der Waals surface area contributed by atoms with Gasteiger partial charge in [0.2, 0.25) is 0 Å². The Morgan fingerprint density at radius 2 is 2.28 bits per heavy atom. The minimum absolute atomic E-state index is 0.564. The van der Waals surface area contributed by atoms with Crippen LogP contribution in [0, 0.1) is 0 Å². The second kappa shape index (κ2) is 4.32. The van der Waals surface area contributed by atoms with E-state index in [1.54, 1.807) is 0 Å². The highest BCUT2D eigenvalue weighted by Crippen LogP contribution is 2.35. The van der Waals surface area contributed by atoms with Gasteiger partial charge < -0.3 is 14.6 Å². The summed E-state index contributed by atoms with van der Waals surface area (Å²) in [6, 6.07) is 6.43. The molecule has 1 aromatic carbocycles. The molecule has 1 N–H and O–H groups in total. The van der Waals surface area contributed by atoms with E-state index in [0.29, 0.717) is 5.92 Å². The summed E-state index contributed by atoms with van der Waals surface area (Å²) < 4.78 is 7.93. The van der Waals surface area contributed by atoms with Gasteiger partial charge in [-0.15, -0.1) is 0 Å². The van der Waals surface area contributed by atoms with Crippen LogP contribution in [0.25, 0.3) is 10.9 Å². The first kappa shape index (κ1) is 11.6. The van der Waals surface area contributed by atoms with Crippen LogP contribution in [0.4, 0.5) is 0 Å². The fourth-order valence-electron chi connectivity index (χ4n) is 3.03. The van der Waals surface area contributed by atoms with Crippen LogP contribution in [0.15, 0.2) is 18.2 Å². The molecule has 3 heteroatoms. The Kier molecular flexibility index (Phi) is 2.78. The number of ether oxygens (including phenoxy) is 1. The van der Waals surface area contributed by atoms with Gasteiger partial charge >= 0.3 is 0 Å². The van der Waals surface area contributed by atoms with Crippen molar-refractivity contribution < 1.29 is 4.74 Å². The van der Waals surface area contributed by atoms with Crippen molar-refractivity contribution in [1.82, 2.24) is 9.88 Å². The van der Waals surface area contributed by atoms with Crippen molar-refractivity contribution in [1.29, 1.82) is 0 Å². The first-order valence-electron chi connectivity index (χ1n) is 6.67. The molecule has 3 nitrogen and oxygen atoms in total. The van der Waals surface area contributed by atoms with E-state index >= 15 is 0 Å². The zero-order chi connectivity index (χ0) is 12.7. The van der Waals surface area contributed by atoms with E-state index in [2.05, 4.69) is 42.1 Å². The van der Waals surface area contributed by atoms with Crippen molar-refractivity contribution in [3.05, 3.63) is 29.5 Å². The quantitative estimate of drug-likeness (QED) is 0.879. The van der Waals surface area contributed by atoms with Gasteiger partial charge in [-0.1, -0.05) is 6.92 Å². The molecule has 0 amide bonds. The van der Waals surface area contributed by atoms with Gasteiger partial charge in [0.1, 0.15) is 5.75 Å². The Hall–Kier alpha value is -1.48. The molecule has 0 aliphatic carbocycles. The molecule has 0 spiro atoms. The zero-order valence-corrected chi connectivity index (χ0v) is 11.3. The fourth-order valence-corrected chi connectivity index (χ4v) is 3.03. The van der Waals surface area contributed by atoms with E-state index in [1.807, 2.05) is 6.92 Å². The molecule has 1 aliphatic rings. The van der Waals surface area contributed by atoms with Crippen molar-refractivity contribution in [3.63, 3.8) is 0 Å². The predicted molar refractivity (Wildman–Crippen MR) is 74.2 cm³/mol. The summed E-state index contributed by atoms with van der Waals surface area (Å²) in [5.74, 6) is 1.54. The molecule has 1 aliphatic heterocycles. The molecule has 0 fully saturated rings. The van der Waals surface area contributed by atoms with Gasteiger partial charge in [-0.3, -0.25) is 0 Å². The van der Waals surface area contributed by atoms with Gasteiger partial charge in [0.15, 0.2) is 0 Å². The van der Waals surface area contributed by atoms with E-state index in [0.717, 1.165) is 25.4 Å². The fraction of sp³-hybridized carbons (Fsp3) is 0.467. The molecule has 2 aromatic rings. The maximum absolute atomic E-state index is 5.62. The van der Waals surface area contributed by atoms with E-state index in [-0.39, 0.29) is 0 Å². The van der Waals surface area contributed by atoms with Crippen LogP contribution in [0.3, 0.4) is 0 Å². The third-order valence-electron chi connectivity index (χ3n) is 3.88. The molecular formula is C15H20N2O. The molecular weight excluding hydrogens is 224 g/mol. The van der Waals surface area contributed by atoms with Gasteiger partial charge in [-0.05, 0) is 36.6 Å². The van der Waals surface area contributed by atoms with Crippen LogP contribution in [0.1, 0.15) is 31.0 Å². The first-order chi connectivity index (χ1) is 8.72. The van der Waals surface area contributed by atoms with Crippen LogP contribution in [0.5, 0.6) is 5.75 Å². The van der Waals surface area contributed by atoms with Gasteiger partial charge in [-0.2, -0.15) is 0 Å². The second-order valence-corrected chi connectivity index (χ2v) is 5.06. The van der Waals surface area contributed by atoms with Crippen molar-refractivity contribution in [2.24, 2.45) is 7.05 Å². The first-order valence-corrected chi connectivity index (χ1v) is 6.67. The summed E-state index contributed by atoms with van der Waals surface area (Å²) in [6.07, 6.45) is 0. The molecule has 1 unspecified atom stereocenters.